The molecule has 0 amide bonds. The molecular weight excluding hydrogens is 705 g/mol. The zero-order valence-electron chi connectivity index (χ0n) is 32.0. The predicted molar refractivity (Wildman–Crippen MR) is 245 cm³/mol. The minimum atomic E-state index is 1.05. The van der Waals surface area contributed by atoms with Crippen LogP contribution < -0.4 is 19.6 Å². The highest BCUT2D eigenvalue weighted by atomic mass is 15.2. The minimum Gasteiger partial charge on any atom is -0.311 e. The summed E-state index contributed by atoms with van der Waals surface area (Å²) in [5.41, 5.74) is 12.9. The Morgan fingerprint density at radius 3 is 0.517 bits per heavy atom. The number of benzene rings is 9. The summed E-state index contributed by atoms with van der Waals surface area (Å²) in [6.07, 6.45) is 0. The molecule has 0 fully saturated rings. The van der Waals surface area contributed by atoms with Gasteiger partial charge in [-0.25, -0.2) is 0 Å². The molecule has 9 aromatic carbocycles. The molecule has 4 heteroatoms. The summed E-state index contributed by atoms with van der Waals surface area (Å²) in [5, 5.41) is 0. The van der Waals surface area contributed by atoms with E-state index in [0.717, 1.165) is 68.2 Å². The van der Waals surface area contributed by atoms with Crippen LogP contribution in [0, 0.1) is 0 Å². The normalized spacial score (nSPS) is 10.8. The summed E-state index contributed by atoms with van der Waals surface area (Å²) in [4.78, 5) is 9.29. The van der Waals surface area contributed by atoms with Crippen molar-refractivity contribution in [3.05, 3.63) is 255 Å². The second kappa shape index (κ2) is 16.9. The van der Waals surface area contributed by atoms with Gasteiger partial charge < -0.3 is 19.6 Å². The molecule has 0 radical (unpaired) electrons. The van der Waals surface area contributed by atoms with Gasteiger partial charge in [0, 0.05) is 56.9 Å². The minimum absolute atomic E-state index is 1.05. The molecule has 0 bridgehead atoms. The van der Waals surface area contributed by atoms with Gasteiger partial charge in [-0.05, 0) is 133 Å². The zero-order valence-corrected chi connectivity index (χ0v) is 32.0. The summed E-state index contributed by atoms with van der Waals surface area (Å²) in [6.45, 7) is 0. The Labute approximate surface area is 341 Å². The van der Waals surface area contributed by atoms with Gasteiger partial charge in [-0.2, -0.15) is 0 Å². The Kier molecular flexibility index (Phi) is 10.5. The van der Waals surface area contributed by atoms with Gasteiger partial charge >= 0.3 is 0 Å². The van der Waals surface area contributed by atoms with Gasteiger partial charge in [-0.1, -0.05) is 121 Å². The molecule has 0 atom stereocenters. The van der Waals surface area contributed by atoms with Gasteiger partial charge in [0.25, 0.3) is 0 Å². The number of para-hydroxylation sites is 8. The zero-order chi connectivity index (χ0) is 38.9. The highest BCUT2D eigenvalue weighted by Gasteiger charge is 2.23. The Morgan fingerprint density at radius 2 is 0.293 bits per heavy atom. The molecule has 0 saturated carbocycles. The molecule has 0 N–H and O–H groups in total. The smallest absolute Gasteiger partial charge is 0.0702 e. The van der Waals surface area contributed by atoms with E-state index >= 15 is 0 Å². The van der Waals surface area contributed by atoms with Crippen molar-refractivity contribution >= 4 is 68.2 Å². The Morgan fingerprint density at radius 1 is 0.138 bits per heavy atom. The Hall–Kier alpha value is -7.82. The summed E-state index contributed by atoms with van der Waals surface area (Å²) in [7, 11) is 0. The molecule has 9 aromatic rings. The number of hydrogen-bond acceptors (Lipinski definition) is 4. The molecule has 0 aliphatic carbocycles. The van der Waals surface area contributed by atoms with Crippen LogP contribution in [0.2, 0.25) is 0 Å². The van der Waals surface area contributed by atoms with Gasteiger partial charge in [0.1, 0.15) is 0 Å². The molecule has 0 spiro atoms. The van der Waals surface area contributed by atoms with Crippen LogP contribution in [0.25, 0.3) is 0 Å². The first-order chi connectivity index (χ1) is 28.8. The van der Waals surface area contributed by atoms with E-state index in [2.05, 4.69) is 274 Å². The van der Waals surface area contributed by atoms with E-state index in [1.807, 2.05) is 0 Å². The number of hydrogen-bond donors (Lipinski definition) is 0. The monoisotopic (exact) mass is 746 g/mol. The molecule has 0 saturated heterocycles. The molecule has 9 rings (SSSR count). The van der Waals surface area contributed by atoms with E-state index in [9.17, 15) is 0 Å². The van der Waals surface area contributed by atoms with Crippen molar-refractivity contribution in [2.75, 3.05) is 19.6 Å². The number of rotatable bonds is 12. The van der Waals surface area contributed by atoms with Crippen molar-refractivity contribution < 1.29 is 0 Å². The van der Waals surface area contributed by atoms with E-state index in [-0.39, 0.29) is 0 Å². The highest BCUT2D eigenvalue weighted by Crippen LogP contribution is 2.47. The third kappa shape index (κ3) is 7.55. The first kappa shape index (κ1) is 35.9. The maximum absolute atomic E-state index is 2.35. The lowest BCUT2D eigenvalue weighted by molar-refractivity contribution is 1.22. The molecule has 0 unspecified atom stereocenters. The number of anilines is 12. The van der Waals surface area contributed by atoms with Gasteiger partial charge in [-0.3, -0.25) is 0 Å². The fourth-order valence-corrected chi connectivity index (χ4v) is 7.56. The molecule has 0 heterocycles. The Balaban J connectivity index is 1.15. The van der Waals surface area contributed by atoms with Crippen LogP contribution in [-0.4, -0.2) is 0 Å². The maximum Gasteiger partial charge on any atom is 0.0702 e. The Bertz CT molecular complexity index is 2370. The molecule has 0 aliphatic rings. The van der Waals surface area contributed by atoms with Gasteiger partial charge in [0.05, 0.1) is 11.4 Å². The maximum atomic E-state index is 2.35. The topological polar surface area (TPSA) is 13.0 Å². The molecular formula is C54H42N4. The third-order valence-electron chi connectivity index (χ3n) is 10.2. The van der Waals surface area contributed by atoms with E-state index in [4.69, 9.17) is 0 Å². The summed E-state index contributed by atoms with van der Waals surface area (Å²) >= 11 is 0. The fraction of sp³-hybridized carbons (Fsp3) is 0. The van der Waals surface area contributed by atoms with Crippen molar-refractivity contribution in [1.82, 2.24) is 0 Å². The van der Waals surface area contributed by atoms with Gasteiger partial charge in [-0.15, -0.1) is 0 Å². The lowest BCUT2D eigenvalue weighted by atomic mass is 10.1. The van der Waals surface area contributed by atoms with Crippen LogP contribution >= 0.6 is 0 Å². The second-order valence-electron chi connectivity index (χ2n) is 13.9. The average Bonchev–Trinajstić information content (AvgIpc) is 3.30. The van der Waals surface area contributed by atoms with Crippen LogP contribution in [0.15, 0.2) is 255 Å². The van der Waals surface area contributed by atoms with Crippen LogP contribution in [-0.2, 0) is 0 Å². The van der Waals surface area contributed by atoms with E-state index in [1.165, 1.54) is 0 Å². The van der Waals surface area contributed by atoms with Crippen molar-refractivity contribution in [3.63, 3.8) is 0 Å². The van der Waals surface area contributed by atoms with Gasteiger partial charge in [0.2, 0.25) is 0 Å². The molecule has 4 nitrogen and oxygen atoms in total. The number of nitrogens with zero attached hydrogens (tertiary/aromatic N) is 4. The largest absolute Gasteiger partial charge is 0.311 e. The van der Waals surface area contributed by atoms with E-state index < -0.39 is 0 Å². The second-order valence-corrected chi connectivity index (χ2v) is 13.9. The fourth-order valence-electron chi connectivity index (χ4n) is 7.56. The SMILES string of the molecule is c1ccc(N(c2ccccc2)c2ccc(N(c3ccccc3)c3ccccc3N(c3ccccc3)c3ccc(N(c4ccccc4)c4ccccc4)cc3)cc2)cc1. The summed E-state index contributed by atoms with van der Waals surface area (Å²) in [6, 6.07) is 89.8. The van der Waals surface area contributed by atoms with Crippen LogP contribution in [0.5, 0.6) is 0 Å². The van der Waals surface area contributed by atoms with Gasteiger partial charge in [0.15, 0.2) is 0 Å². The molecule has 58 heavy (non-hydrogen) atoms. The summed E-state index contributed by atoms with van der Waals surface area (Å²) < 4.78 is 0. The average molecular weight is 747 g/mol. The summed E-state index contributed by atoms with van der Waals surface area (Å²) in [5.74, 6) is 0. The highest BCUT2D eigenvalue weighted by molar-refractivity contribution is 5.92. The first-order valence-corrected chi connectivity index (χ1v) is 19.6. The van der Waals surface area contributed by atoms with Crippen LogP contribution in [0.4, 0.5) is 68.2 Å². The van der Waals surface area contributed by atoms with Crippen molar-refractivity contribution in [2.24, 2.45) is 0 Å². The third-order valence-corrected chi connectivity index (χ3v) is 10.2. The lowest BCUT2D eigenvalue weighted by Crippen LogP contribution is -2.17. The van der Waals surface area contributed by atoms with Crippen LogP contribution in [0.1, 0.15) is 0 Å². The van der Waals surface area contributed by atoms with Crippen molar-refractivity contribution in [1.29, 1.82) is 0 Å². The lowest BCUT2D eigenvalue weighted by Gasteiger charge is -2.33. The standard InChI is InChI=1S/C54H42N4/c1-7-21-43(22-8-1)55(44-23-9-2-10-24-44)49-35-39-51(40-36-49)57(47-29-15-5-16-30-47)53-33-19-20-34-54(53)58(48-31-17-6-18-32-48)52-41-37-50(38-42-52)56(45-25-11-3-12-26-45)46-27-13-4-14-28-46/h1-42H. The molecule has 0 aliphatic heterocycles. The molecule has 0 aromatic heterocycles. The first-order valence-electron chi connectivity index (χ1n) is 19.6. The van der Waals surface area contributed by atoms with Crippen molar-refractivity contribution in [3.8, 4) is 0 Å². The predicted octanol–water partition coefficient (Wildman–Crippen LogP) is 15.6. The van der Waals surface area contributed by atoms with Crippen molar-refractivity contribution in [2.45, 2.75) is 0 Å². The van der Waals surface area contributed by atoms with E-state index in [0.29, 0.717) is 0 Å². The van der Waals surface area contributed by atoms with Crippen LogP contribution in [0.3, 0.4) is 0 Å². The van der Waals surface area contributed by atoms with E-state index in [1.54, 1.807) is 0 Å². The quantitative estimate of drug-likeness (QED) is 0.123. The molecule has 278 valence electrons.